The molecule has 21 heavy (non-hydrogen) atoms. The van der Waals surface area contributed by atoms with E-state index in [1.165, 1.54) is 18.2 Å². The minimum atomic E-state index is -1.31. The van der Waals surface area contributed by atoms with Gasteiger partial charge in [-0.05, 0) is 43.2 Å². The molecule has 0 amide bonds. The van der Waals surface area contributed by atoms with Crippen LogP contribution in [0.2, 0.25) is 0 Å². The molecule has 0 aromatic heterocycles. The lowest BCUT2D eigenvalue weighted by molar-refractivity contribution is -0.385. The van der Waals surface area contributed by atoms with Crippen molar-refractivity contribution in [3.05, 3.63) is 33.9 Å². The van der Waals surface area contributed by atoms with Gasteiger partial charge in [-0.25, -0.2) is 4.79 Å². The van der Waals surface area contributed by atoms with Crippen LogP contribution in [0, 0.1) is 22.0 Å². The summed E-state index contributed by atoms with van der Waals surface area (Å²) in [6.45, 7) is 4.34. The zero-order valence-corrected chi connectivity index (χ0v) is 12.1. The number of hydrogen-bond donors (Lipinski definition) is 1. The summed E-state index contributed by atoms with van der Waals surface area (Å²) in [7, 11) is 0. The Morgan fingerprint density at radius 1 is 1.29 bits per heavy atom. The number of aromatic carboxylic acids is 1. The summed E-state index contributed by atoms with van der Waals surface area (Å²) < 4.78 is 5.82. The number of rotatable bonds is 4. The van der Waals surface area contributed by atoms with Crippen LogP contribution >= 0.6 is 0 Å². The lowest BCUT2D eigenvalue weighted by atomic mass is 9.82. The van der Waals surface area contributed by atoms with Crippen LogP contribution in [0.3, 0.4) is 0 Å². The Kier molecular flexibility index (Phi) is 4.45. The monoisotopic (exact) mass is 293 g/mol. The first-order valence-electron chi connectivity index (χ1n) is 7.05. The fourth-order valence-electron chi connectivity index (χ4n) is 3.08. The predicted molar refractivity (Wildman–Crippen MR) is 76.7 cm³/mol. The Morgan fingerprint density at radius 2 is 1.90 bits per heavy atom. The quantitative estimate of drug-likeness (QED) is 0.677. The van der Waals surface area contributed by atoms with Crippen LogP contribution in [0.1, 0.15) is 43.5 Å². The Bertz CT molecular complexity index is 547. The van der Waals surface area contributed by atoms with E-state index in [-0.39, 0.29) is 11.7 Å². The van der Waals surface area contributed by atoms with Gasteiger partial charge in [0.2, 0.25) is 0 Å². The van der Waals surface area contributed by atoms with Crippen molar-refractivity contribution in [3.63, 3.8) is 0 Å². The molecule has 1 aromatic rings. The normalized spacial score (nSPS) is 25.3. The highest BCUT2D eigenvalue weighted by atomic mass is 16.6. The fraction of sp³-hybridized carbons (Fsp3) is 0.533. The zero-order valence-electron chi connectivity index (χ0n) is 12.1. The summed E-state index contributed by atoms with van der Waals surface area (Å²) in [6, 6.07) is 3.92. The predicted octanol–water partition coefficient (Wildman–Crippen LogP) is 3.50. The summed E-state index contributed by atoms with van der Waals surface area (Å²) in [5, 5.41) is 19.9. The summed E-state index contributed by atoms with van der Waals surface area (Å²) in [4.78, 5) is 21.2. The standard InChI is InChI=1S/C15H19NO5/c1-9-5-10(2)7-12(6-9)21-11-3-4-13(15(17)18)14(8-11)16(19)20/h3-4,8-10,12H,5-7H2,1-2H3,(H,17,18). The molecule has 1 saturated carbocycles. The van der Waals surface area contributed by atoms with Gasteiger partial charge < -0.3 is 9.84 Å². The van der Waals surface area contributed by atoms with E-state index in [4.69, 9.17) is 9.84 Å². The number of nitrogens with zero attached hydrogens (tertiary/aromatic N) is 1. The molecule has 0 heterocycles. The van der Waals surface area contributed by atoms with Crippen LogP contribution in [0.15, 0.2) is 18.2 Å². The topological polar surface area (TPSA) is 89.7 Å². The van der Waals surface area contributed by atoms with Crippen molar-refractivity contribution >= 4 is 11.7 Å². The third-order valence-corrected chi connectivity index (χ3v) is 3.83. The van der Waals surface area contributed by atoms with Crippen molar-refractivity contribution in [2.24, 2.45) is 11.8 Å². The molecule has 1 N–H and O–H groups in total. The largest absolute Gasteiger partial charge is 0.490 e. The average Bonchev–Trinajstić information content (AvgIpc) is 2.36. The zero-order chi connectivity index (χ0) is 15.6. The molecule has 1 fully saturated rings. The number of nitro groups is 1. The number of benzene rings is 1. The number of nitro benzene ring substituents is 1. The SMILES string of the molecule is CC1CC(C)CC(Oc2ccc(C(=O)O)c([N+](=O)[O-])c2)C1. The van der Waals surface area contributed by atoms with Crippen LogP contribution in [0.25, 0.3) is 0 Å². The lowest BCUT2D eigenvalue weighted by Gasteiger charge is -2.31. The van der Waals surface area contributed by atoms with Crippen LogP contribution in [-0.4, -0.2) is 22.1 Å². The van der Waals surface area contributed by atoms with E-state index < -0.39 is 16.6 Å². The Morgan fingerprint density at radius 3 is 2.43 bits per heavy atom. The summed E-state index contributed by atoms with van der Waals surface area (Å²) in [5.74, 6) is 0.171. The molecule has 1 aromatic carbocycles. The van der Waals surface area contributed by atoms with Gasteiger partial charge >= 0.3 is 5.97 Å². The van der Waals surface area contributed by atoms with E-state index in [1.54, 1.807) is 0 Å². The van der Waals surface area contributed by atoms with Gasteiger partial charge in [-0.3, -0.25) is 10.1 Å². The van der Waals surface area contributed by atoms with Gasteiger partial charge in [0.1, 0.15) is 11.3 Å². The van der Waals surface area contributed by atoms with E-state index in [2.05, 4.69) is 13.8 Å². The minimum absolute atomic E-state index is 0.0269. The molecule has 1 aliphatic rings. The second-order valence-corrected chi connectivity index (χ2v) is 5.90. The van der Waals surface area contributed by atoms with Crippen molar-refractivity contribution in [1.82, 2.24) is 0 Å². The number of carbonyl (C=O) groups is 1. The van der Waals surface area contributed by atoms with Gasteiger partial charge in [-0.2, -0.15) is 0 Å². The summed E-state index contributed by atoms with van der Waals surface area (Å²) in [6.07, 6.45) is 3.02. The van der Waals surface area contributed by atoms with E-state index in [9.17, 15) is 14.9 Å². The first-order valence-corrected chi connectivity index (χ1v) is 7.05. The molecule has 0 saturated heterocycles. The number of carboxylic acid groups (broad SMARTS) is 1. The van der Waals surface area contributed by atoms with Gasteiger partial charge in [0.15, 0.2) is 0 Å². The molecule has 0 spiro atoms. The van der Waals surface area contributed by atoms with Crippen molar-refractivity contribution < 1.29 is 19.6 Å². The van der Waals surface area contributed by atoms with Crippen LogP contribution < -0.4 is 4.74 Å². The summed E-state index contributed by atoms with van der Waals surface area (Å²) in [5.41, 5.74) is -0.755. The second-order valence-electron chi connectivity index (χ2n) is 5.90. The first kappa shape index (κ1) is 15.3. The van der Waals surface area contributed by atoms with Gasteiger partial charge in [-0.1, -0.05) is 13.8 Å². The van der Waals surface area contributed by atoms with Crippen LogP contribution in [0.4, 0.5) is 5.69 Å². The molecular formula is C15H19NO5. The highest BCUT2D eigenvalue weighted by Gasteiger charge is 2.26. The van der Waals surface area contributed by atoms with Crippen molar-refractivity contribution in [3.8, 4) is 5.75 Å². The Labute approximate surface area is 122 Å². The lowest BCUT2D eigenvalue weighted by Crippen LogP contribution is -2.28. The third-order valence-electron chi connectivity index (χ3n) is 3.83. The molecule has 0 bridgehead atoms. The van der Waals surface area contributed by atoms with E-state index in [0.29, 0.717) is 17.6 Å². The molecule has 0 aliphatic heterocycles. The number of carboxylic acids is 1. The molecule has 2 unspecified atom stereocenters. The van der Waals surface area contributed by atoms with E-state index in [1.807, 2.05) is 0 Å². The maximum Gasteiger partial charge on any atom is 0.342 e. The van der Waals surface area contributed by atoms with Gasteiger partial charge in [0.05, 0.1) is 17.1 Å². The minimum Gasteiger partial charge on any atom is -0.490 e. The van der Waals surface area contributed by atoms with Gasteiger partial charge in [0, 0.05) is 0 Å². The molecule has 6 heteroatoms. The molecule has 0 radical (unpaired) electrons. The molecule has 2 atom stereocenters. The smallest absolute Gasteiger partial charge is 0.342 e. The fourth-order valence-corrected chi connectivity index (χ4v) is 3.08. The molecular weight excluding hydrogens is 274 g/mol. The maximum atomic E-state index is 11.0. The van der Waals surface area contributed by atoms with E-state index in [0.717, 1.165) is 19.3 Å². The molecule has 114 valence electrons. The van der Waals surface area contributed by atoms with Crippen molar-refractivity contribution in [2.75, 3.05) is 0 Å². The van der Waals surface area contributed by atoms with Crippen molar-refractivity contribution in [2.45, 2.75) is 39.2 Å². The van der Waals surface area contributed by atoms with E-state index >= 15 is 0 Å². The molecule has 6 nitrogen and oxygen atoms in total. The Hall–Kier alpha value is -2.11. The number of ether oxygens (including phenoxy) is 1. The third kappa shape index (κ3) is 3.71. The Balaban J connectivity index is 2.19. The van der Waals surface area contributed by atoms with Gasteiger partial charge in [-0.15, -0.1) is 0 Å². The molecule has 2 rings (SSSR count). The average molecular weight is 293 g/mol. The maximum absolute atomic E-state index is 11.0. The first-order chi connectivity index (χ1) is 9.86. The van der Waals surface area contributed by atoms with Gasteiger partial charge in [0.25, 0.3) is 5.69 Å². The van der Waals surface area contributed by atoms with Crippen LogP contribution in [-0.2, 0) is 0 Å². The van der Waals surface area contributed by atoms with Crippen LogP contribution in [0.5, 0.6) is 5.75 Å². The highest BCUT2D eigenvalue weighted by Crippen LogP contribution is 2.32. The molecule has 1 aliphatic carbocycles. The highest BCUT2D eigenvalue weighted by molar-refractivity contribution is 5.92. The number of hydrogen-bond acceptors (Lipinski definition) is 4. The second kappa shape index (κ2) is 6.11. The summed E-state index contributed by atoms with van der Waals surface area (Å²) >= 11 is 0. The van der Waals surface area contributed by atoms with Crippen molar-refractivity contribution in [1.29, 1.82) is 0 Å².